The van der Waals surface area contributed by atoms with Gasteiger partial charge >= 0.3 is 6.03 Å². The molecule has 1 aliphatic rings. The molecule has 0 spiro atoms. The molecular formula is C15H21ClN4O2. The predicted octanol–water partition coefficient (Wildman–Crippen LogP) is 2.20. The lowest BCUT2D eigenvalue weighted by Crippen LogP contribution is -2.47. The molecule has 1 aliphatic heterocycles. The van der Waals surface area contributed by atoms with E-state index in [1.165, 1.54) is 0 Å². The molecule has 3 N–H and O–H groups in total. The third-order valence-corrected chi connectivity index (χ3v) is 3.70. The molecule has 1 aromatic rings. The minimum atomic E-state index is -0.241. The van der Waals surface area contributed by atoms with E-state index in [9.17, 15) is 9.59 Å². The summed E-state index contributed by atoms with van der Waals surface area (Å²) < 4.78 is 0. The van der Waals surface area contributed by atoms with Crippen LogP contribution in [0.25, 0.3) is 0 Å². The Morgan fingerprint density at radius 3 is 2.95 bits per heavy atom. The molecule has 0 unspecified atom stereocenters. The number of anilines is 2. The highest BCUT2D eigenvalue weighted by Crippen LogP contribution is 2.29. The summed E-state index contributed by atoms with van der Waals surface area (Å²) in [7, 11) is 0. The summed E-state index contributed by atoms with van der Waals surface area (Å²) in [6.45, 7) is 4.34. The zero-order valence-electron chi connectivity index (χ0n) is 12.6. The second kappa shape index (κ2) is 7.89. The van der Waals surface area contributed by atoms with Crippen molar-refractivity contribution in [3.8, 4) is 0 Å². The number of piperazine rings is 1. The van der Waals surface area contributed by atoms with E-state index in [2.05, 4.69) is 22.9 Å². The zero-order chi connectivity index (χ0) is 15.9. The van der Waals surface area contributed by atoms with Crippen molar-refractivity contribution in [1.29, 1.82) is 0 Å². The van der Waals surface area contributed by atoms with Crippen LogP contribution in [0.4, 0.5) is 16.2 Å². The molecule has 2 rings (SSSR count). The van der Waals surface area contributed by atoms with Gasteiger partial charge in [-0.1, -0.05) is 24.9 Å². The van der Waals surface area contributed by atoms with Crippen molar-refractivity contribution >= 4 is 34.9 Å². The molecule has 120 valence electrons. The predicted molar refractivity (Wildman–Crippen MR) is 88.6 cm³/mol. The molecule has 1 aromatic carbocycles. The van der Waals surface area contributed by atoms with Crippen LogP contribution in [-0.4, -0.2) is 38.1 Å². The van der Waals surface area contributed by atoms with Gasteiger partial charge in [0.2, 0.25) is 5.91 Å². The van der Waals surface area contributed by atoms with Gasteiger partial charge in [0, 0.05) is 25.3 Å². The summed E-state index contributed by atoms with van der Waals surface area (Å²) in [5.41, 5.74) is 1.43. The number of rotatable bonds is 5. The number of amides is 3. The first-order valence-corrected chi connectivity index (χ1v) is 7.84. The minimum absolute atomic E-state index is 0.0141. The van der Waals surface area contributed by atoms with Gasteiger partial charge in [0.05, 0.1) is 17.3 Å². The summed E-state index contributed by atoms with van der Waals surface area (Å²) in [6, 6.07) is 5.06. The molecule has 3 amide bonds. The highest BCUT2D eigenvalue weighted by molar-refractivity contribution is 6.33. The van der Waals surface area contributed by atoms with Crippen LogP contribution in [0.5, 0.6) is 0 Å². The Morgan fingerprint density at radius 1 is 1.45 bits per heavy atom. The van der Waals surface area contributed by atoms with Gasteiger partial charge in [-0.05, 0) is 24.6 Å². The number of unbranched alkanes of at least 4 members (excludes halogenated alkanes) is 1. The monoisotopic (exact) mass is 324 g/mol. The van der Waals surface area contributed by atoms with Gasteiger partial charge in [-0.3, -0.25) is 4.79 Å². The minimum Gasteiger partial charge on any atom is -0.359 e. The molecule has 0 aliphatic carbocycles. The standard InChI is InChI=1S/C15H21ClN4O2/c1-2-3-6-18-15(22)19-11-4-5-13(12(16)9-11)20-8-7-17-14(21)10-20/h4-5,9H,2-3,6-8,10H2,1H3,(H,17,21)(H2,18,19,22). The molecular weight excluding hydrogens is 304 g/mol. The molecule has 0 bridgehead atoms. The molecule has 0 radical (unpaired) electrons. The molecule has 7 heteroatoms. The van der Waals surface area contributed by atoms with Crippen molar-refractivity contribution in [2.75, 3.05) is 36.4 Å². The Bertz CT molecular complexity index is 550. The summed E-state index contributed by atoms with van der Waals surface area (Å²) >= 11 is 6.28. The SMILES string of the molecule is CCCCNC(=O)Nc1ccc(N2CCNC(=O)C2)c(Cl)c1. The molecule has 0 atom stereocenters. The van der Waals surface area contributed by atoms with Crippen molar-refractivity contribution in [3.05, 3.63) is 23.2 Å². The Kier molecular flexibility index (Phi) is 5.89. The first-order chi connectivity index (χ1) is 10.6. The highest BCUT2D eigenvalue weighted by Gasteiger charge is 2.18. The Morgan fingerprint density at radius 2 is 2.27 bits per heavy atom. The highest BCUT2D eigenvalue weighted by atomic mass is 35.5. The van der Waals surface area contributed by atoms with Crippen LogP contribution in [0.2, 0.25) is 5.02 Å². The van der Waals surface area contributed by atoms with Crippen LogP contribution >= 0.6 is 11.6 Å². The summed E-state index contributed by atoms with van der Waals surface area (Å²) in [6.07, 6.45) is 1.98. The lowest BCUT2D eigenvalue weighted by atomic mass is 10.2. The number of hydrogen-bond donors (Lipinski definition) is 3. The Hall–Kier alpha value is -1.95. The number of nitrogens with zero attached hydrogens (tertiary/aromatic N) is 1. The summed E-state index contributed by atoms with van der Waals surface area (Å²) in [5.74, 6) is -0.0141. The Balaban J connectivity index is 1.97. The molecule has 0 aromatic heterocycles. The first kappa shape index (κ1) is 16.4. The van der Waals surface area contributed by atoms with E-state index in [-0.39, 0.29) is 11.9 Å². The number of urea groups is 1. The zero-order valence-corrected chi connectivity index (χ0v) is 13.4. The van der Waals surface area contributed by atoms with Crippen LogP contribution < -0.4 is 20.9 Å². The van der Waals surface area contributed by atoms with Crippen molar-refractivity contribution < 1.29 is 9.59 Å². The van der Waals surface area contributed by atoms with Crippen LogP contribution in [0, 0.1) is 0 Å². The smallest absolute Gasteiger partial charge is 0.319 e. The maximum absolute atomic E-state index is 11.7. The average Bonchev–Trinajstić information content (AvgIpc) is 2.47. The lowest BCUT2D eigenvalue weighted by molar-refractivity contribution is -0.120. The summed E-state index contributed by atoms with van der Waals surface area (Å²) in [4.78, 5) is 25.1. The van der Waals surface area contributed by atoms with Crippen LogP contribution in [0.3, 0.4) is 0 Å². The third kappa shape index (κ3) is 4.53. The van der Waals surface area contributed by atoms with Crippen LogP contribution in [-0.2, 0) is 4.79 Å². The second-order valence-electron chi connectivity index (χ2n) is 5.17. The lowest BCUT2D eigenvalue weighted by Gasteiger charge is -2.29. The van der Waals surface area contributed by atoms with E-state index in [1.807, 2.05) is 11.0 Å². The van der Waals surface area contributed by atoms with Gasteiger partial charge in [0.1, 0.15) is 0 Å². The van der Waals surface area contributed by atoms with Crippen molar-refractivity contribution in [1.82, 2.24) is 10.6 Å². The third-order valence-electron chi connectivity index (χ3n) is 3.40. The molecule has 1 saturated heterocycles. The van der Waals surface area contributed by atoms with E-state index < -0.39 is 0 Å². The number of carbonyl (C=O) groups is 2. The largest absolute Gasteiger partial charge is 0.359 e. The second-order valence-corrected chi connectivity index (χ2v) is 5.58. The van der Waals surface area contributed by atoms with E-state index in [0.29, 0.717) is 30.3 Å². The van der Waals surface area contributed by atoms with E-state index >= 15 is 0 Å². The molecule has 0 saturated carbocycles. The number of carbonyl (C=O) groups excluding carboxylic acids is 2. The topological polar surface area (TPSA) is 73.5 Å². The van der Waals surface area contributed by atoms with Crippen molar-refractivity contribution in [3.63, 3.8) is 0 Å². The maximum Gasteiger partial charge on any atom is 0.319 e. The molecule has 1 heterocycles. The number of benzene rings is 1. The van der Waals surface area contributed by atoms with Gasteiger partial charge in [0.15, 0.2) is 0 Å². The van der Waals surface area contributed by atoms with Crippen LogP contribution in [0.15, 0.2) is 18.2 Å². The maximum atomic E-state index is 11.7. The van der Waals surface area contributed by atoms with Gasteiger partial charge in [0.25, 0.3) is 0 Å². The van der Waals surface area contributed by atoms with Crippen molar-refractivity contribution in [2.45, 2.75) is 19.8 Å². The fourth-order valence-corrected chi connectivity index (χ4v) is 2.54. The number of hydrogen-bond acceptors (Lipinski definition) is 3. The molecule has 22 heavy (non-hydrogen) atoms. The quantitative estimate of drug-likeness (QED) is 0.727. The molecule has 1 fully saturated rings. The number of halogens is 1. The fraction of sp³-hybridized carbons (Fsp3) is 0.467. The first-order valence-electron chi connectivity index (χ1n) is 7.46. The normalized spacial score (nSPS) is 14.5. The Labute approximate surface area is 135 Å². The van der Waals surface area contributed by atoms with Gasteiger partial charge < -0.3 is 20.9 Å². The number of nitrogens with one attached hydrogen (secondary N) is 3. The van der Waals surface area contributed by atoms with Crippen molar-refractivity contribution in [2.24, 2.45) is 0 Å². The average molecular weight is 325 g/mol. The van der Waals surface area contributed by atoms with E-state index in [0.717, 1.165) is 25.1 Å². The molecule has 6 nitrogen and oxygen atoms in total. The van der Waals surface area contributed by atoms with Gasteiger partial charge in [-0.25, -0.2) is 4.79 Å². The van der Waals surface area contributed by atoms with E-state index in [4.69, 9.17) is 11.6 Å². The van der Waals surface area contributed by atoms with Crippen LogP contribution in [0.1, 0.15) is 19.8 Å². The van der Waals surface area contributed by atoms with Gasteiger partial charge in [-0.15, -0.1) is 0 Å². The van der Waals surface area contributed by atoms with E-state index in [1.54, 1.807) is 12.1 Å². The summed E-state index contributed by atoms with van der Waals surface area (Å²) in [5, 5.41) is 8.82. The van der Waals surface area contributed by atoms with Gasteiger partial charge in [-0.2, -0.15) is 0 Å². The fourth-order valence-electron chi connectivity index (χ4n) is 2.24.